The van der Waals surface area contributed by atoms with Crippen molar-refractivity contribution in [1.82, 2.24) is 5.32 Å². The van der Waals surface area contributed by atoms with Gasteiger partial charge < -0.3 is 19.7 Å². The number of amides is 2. The molecule has 0 aliphatic carbocycles. The second-order valence-electron chi connectivity index (χ2n) is 6.22. The first-order chi connectivity index (χ1) is 12.9. The van der Waals surface area contributed by atoms with Crippen LogP contribution in [0.3, 0.4) is 0 Å². The lowest BCUT2D eigenvalue weighted by Crippen LogP contribution is -2.52. The zero-order valence-corrected chi connectivity index (χ0v) is 15.5. The van der Waals surface area contributed by atoms with Gasteiger partial charge in [-0.2, -0.15) is 0 Å². The lowest BCUT2D eigenvalue weighted by atomic mass is 10.0. The van der Waals surface area contributed by atoms with E-state index in [1.807, 2.05) is 0 Å². The molecule has 2 heterocycles. The summed E-state index contributed by atoms with van der Waals surface area (Å²) in [6, 6.07) is 7.49. The summed E-state index contributed by atoms with van der Waals surface area (Å²) in [5.74, 6) is -1.93. The van der Waals surface area contributed by atoms with E-state index < -0.39 is 17.9 Å². The molecule has 2 N–H and O–H groups in total. The average molecular weight is 391 g/mol. The van der Waals surface area contributed by atoms with Gasteiger partial charge in [0, 0.05) is 19.0 Å². The molecule has 27 heavy (non-hydrogen) atoms. The van der Waals surface area contributed by atoms with Gasteiger partial charge >= 0.3 is 5.97 Å². The molecule has 0 bridgehead atoms. The number of benzene rings is 1. The Kier molecular flexibility index (Phi) is 5.51. The van der Waals surface area contributed by atoms with E-state index in [1.54, 1.807) is 36.1 Å². The topological polar surface area (TPSA) is 99.9 Å². The fraction of sp³-hybridized carbons (Fsp3) is 0.316. The fourth-order valence-corrected chi connectivity index (χ4v) is 3.37. The monoisotopic (exact) mass is 390 g/mol. The van der Waals surface area contributed by atoms with E-state index in [0.29, 0.717) is 36.5 Å². The Balaban J connectivity index is 1.77. The molecule has 1 saturated heterocycles. The number of rotatable bonds is 5. The summed E-state index contributed by atoms with van der Waals surface area (Å²) in [6.45, 7) is 2.25. The van der Waals surface area contributed by atoms with Crippen LogP contribution in [-0.2, 0) is 11.2 Å². The maximum absolute atomic E-state index is 12.8. The third-order valence-corrected chi connectivity index (χ3v) is 4.79. The van der Waals surface area contributed by atoms with Crippen molar-refractivity contribution in [3.63, 3.8) is 0 Å². The molecule has 1 unspecified atom stereocenters. The third-order valence-electron chi connectivity index (χ3n) is 4.47. The number of hydrogen-bond donors (Lipinski definition) is 2. The second-order valence-corrected chi connectivity index (χ2v) is 6.62. The highest BCUT2D eigenvalue weighted by molar-refractivity contribution is 6.33. The van der Waals surface area contributed by atoms with Crippen LogP contribution in [0.2, 0.25) is 5.02 Å². The molecule has 8 heteroatoms. The molecule has 3 rings (SSSR count). The standard InChI is InChI=1S/C19H19ClN2O5/c1-2-15-11(19(25)26)10-16(27-15)17(23)21-13-7-5-9-22(18(13)24)14-8-4-3-6-12(14)20/h3-4,6,8,10,13H,2,5,7,9H2,1H3,(H,21,23)(H,25,26). The number of aryl methyl sites for hydroxylation is 1. The van der Waals surface area contributed by atoms with Crippen molar-refractivity contribution in [2.75, 3.05) is 11.4 Å². The van der Waals surface area contributed by atoms with Crippen molar-refractivity contribution in [2.45, 2.75) is 32.2 Å². The number of halogens is 1. The molecule has 2 amide bonds. The number of para-hydroxylation sites is 1. The van der Waals surface area contributed by atoms with E-state index in [1.165, 1.54) is 6.07 Å². The van der Waals surface area contributed by atoms with Crippen molar-refractivity contribution in [3.05, 3.63) is 52.4 Å². The summed E-state index contributed by atoms with van der Waals surface area (Å²) < 4.78 is 5.36. The van der Waals surface area contributed by atoms with Gasteiger partial charge in [0.15, 0.2) is 5.76 Å². The molecule has 1 fully saturated rings. The molecule has 0 radical (unpaired) electrons. The average Bonchev–Trinajstić information content (AvgIpc) is 3.09. The lowest BCUT2D eigenvalue weighted by Gasteiger charge is -2.33. The Morgan fingerprint density at radius 3 is 2.74 bits per heavy atom. The Labute approximate surface area is 160 Å². The van der Waals surface area contributed by atoms with Gasteiger partial charge in [0.2, 0.25) is 5.91 Å². The summed E-state index contributed by atoms with van der Waals surface area (Å²) in [7, 11) is 0. The Morgan fingerprint density at radius 1 is 1.37 bits per heavy atom. The lowest BCUT2D eigenvalue weighted by molar-refractivity contribution is -0.121. The number of carbonyl (C=O) groups excluding carboxylic acids is 2. The number of carboxylic acids is 1. The summed E-state index contributed by atoms with van der Waals surface area (Å²) >= 11 is 6.19. The van der Waals surface area contributed by atoms with Crippen molar-refractivity contribution in [3.8, 4) is 0 Å². The SMILES string of the molecule is CCc1oc(C(=O)NC2CCCN(c3ccccc3Cl)C2=O)cc1C(=O)O. The van der Waals surface area contributed by atoms with E-state index in [-0.39, 0.29) is 23.0 Å². The zero-order chi connectivity index (χ0) is 19.6. The van der Waals surface area contributed by atoms with Crippen LogP contribution in [0.4, 0.5) is 5.69 Å². The number of nitrogens with zero attached hydrogens (tertiary/aromatic N) is 1. The molecule has 2 aromatic rings. The Morgan fingerprint density at radius 2 is 2.11 bits per heavy atom. The molecule has 0 saturated carbocycles. The van der Waals surface area contributed by atoms with Crippen molar-refractivity contribution < 1.29 is 23.9 Å². The van der Waals surface area contributed by atoms with E-state index >= 15 is 0 Å². The Hall–Kier alpha value is -2.80. The van der Waals surface area contributed by atoms with Gasteiger partial charge in [0.1, 0.15) is 17.4 Å². The molecule has 1 aliphatic heterocycles. The highest BCUT2D eigenvalue weighted by atomic mass is 35.5. The van der Waals surface area contributed by atoms with Gasteiger partial charge in [-0.3, -0.25) is 9.59 Å². The first-order valence-electron chi connectivity index (χ1n) is 8.65. The predicted molar refractivity (Wildman–Crippen MR) is 99.3 cm³/mol. The molecule has 1 aromatic carbocycles. The number of aromatic carboxylic acids is 1. The zero-order valence-electron chi connectivity index (χ0n) is 14.7. The molecule has 142 valence electrons. The van der Waals surface area contributed by atoms with E-state index in [4.69, 9.17) is 16.0 Å². The molecular formula is C19H19ClN2O5. The van der Waals surface area contributed by atoms with Crippen LogP contribution in [0.25, 0.3) is 0 Å². The van der Waals surface area contributed by atoms with E-state index in [0.717, 1.165) is 0 Å². The number of furan rings is 1. The smallest absolute Gasteiger partial charge is 0.339 e. The maximum atomic E-state index is 12.8. The van der Waals surface area contributed by atoms with Crippen LogP contribution in [0.1, 0.15) is 46.4 Å². The van der Waals surface area contributed by atoms with Gasteiger partial charge in [-0.1, -0.05) is 30.7 Å². The quantitative estimate of drug-likeness (QED) is 0.817. The van der Waals surface area contributed by atoms with Crippen molar-refractivity contribution in [2.24, 2.45) is 0 Å². The molecule has 7 nitrogen and oxygen atoms in total. The summed E-state index contributed by atoms with van der Waals surface area (Å²) in [5.41, 5.74) is 0.554. The van der Waals surface area contributed by atoms with Crippen molar-refractivity contribution in [1.29, 1.82) is 0 Å². The first kappa shape index (κ1) is 19.0. The predicted octanol–water partition coefficient (Wildman–Crippen LogP) is 3.12. The number of carboxylic acid groups (broad SMARTS) is 1. The number of hydrogen-bond acceptors (Lipinski definition) is 4. The minimum absolute atomic E-state index is 0.0460. The Bertz CT molecular complexity index is 892. The number of piperidine rings is 1. The van der Waals surface area contributed by atoms with E-state index in [2.05, 4.69) is 5.32 Å². The molecule has 0 spiro atoms. The summed E-state index contributed by atoms with van der Waals surface area (Å²) in [4.78, 5) is 38.1. The van der Waals surface area contributed by atoms with Gasteiger partial charge in [-0.05, 0) is 25.0 Å². The van der Waals surface area contributed by atoms with Crippen LogP contribution in [0.5, 0.6) is 0 Å². The van der Waals surface area contributed by atoms with Crippen LogP contribution in [-0.4, -0.2) is 35.5 Å². The molecule has 1 atom stereocenters. The first-order valence-corrected chi connectivity index (χ1v) is 9.03. The van der Waals surface area contributed by atoms with Gasteiger partial charge in [0.25, 0.3) is 5.91 Å². The maximum Gasteiger partial charge on any atom is 0.339 e. The molecule has 1 aliphatic rings. The molecular weight excluding hydrogens is 372 g/mol. The van der Waals surface area contributed by atoms with Crippen LogP contribution >= 0.6 is 11.6 Å². The third kappa shape index (κ3) is 3.83. The normalized spacial score (nSPS) is 17.0. The second kappa shape index (κ2) is 7.84. The van der Waals surface area contributed by atoms with Gasteiger partial charge in [-0.25, -0.2) is 4.79 Å². The summed E-state index contributed by atoms with van der Waals surface area (Å²) in [5, 5.41) is 12.3. The highest BCUT2D eigenvalue weighted by Crippen LogP contribution is 2.28. The minimum Gasteiger partial charge on any atom is -0.478 e. The van der Waals surface area contributed by atoms with E-state index in [9.17, 15) is 19.5 Å². The minimum atomic E-state index is -1.16. The van der Waals surface area contributed by atoms with Gasteiger partial charge in [-0.15, -0.1) is 0 Å². The fourth-order valence-electron chi connectivity index (χ4n) is 3.13. The summed E-state index contributed by atoms with van der Waals surface area (Å²) in [6.07, 6.45) is 1.52. The largest absolute Gasteiger partial charge is 0.478 e. The molecule has 1 aromatic heterocycles. The van der Waals surface area contributed by atoms with Crippen molar-refractivity contribution >= 4 is 35.1 Å². The van der Waals surface area contributed by atoms with Crippen LogP contribution in [0, 0.1) is 0 Å². The van der Waals surface area contributed by atoms with Crippen LogP contribution in [0.15, 0.2) is 34.7 Å². The van der Waals surface area contributed by atoms with Crippen LogP contribution < -0.4 is 10.2 Å². The number of anilines is 1. The number of nitrogens with one attached hydrogen (secondary N) is 1. The number of carbonyl (C=O) groups is 3. The highest BCUT2D eigenvalue weighted by Gasteiger charge is 2.32. The van der Waals surface area contributed by atoms with Gasteiger partial charge in [0.05, 0.1) is 10.7 Å².